The summed E-state index contributed by atoms with van der Waals surface area (Å²) in [5.41, 5.74) is 0.750. The Hall–Kier alpha value is -2.93. The first-order chi connectivity index (χ1) is 14.1. The van der Waals surface area contributed by atoms with Crippen LogP contribution in [-0.4, -0.2) is 51.4 Å². The van der Waals surface area contributed by atoms with Crippen LogP contribution in [0.1, 0.15) is 42.7 Å². The van der Waals surface area contributed by atoms with E-state index in [1.54, 1.807) is 16.7 Å². The minimum atomic E-state index is -0.0722. The van der Waals surface area contributed by atoms with Crippen LogP contribution in [0.4, 0.5) is 0 Å². The number of fused-ring (bicyclic) bond motifs is 1. The lowest BCUT2D eigenvalue weighted by atomic mass is 10.1. The van der Waals surface area contributed by atoms with E-state index in [9.17, 15) is 9.59 Å². The van der Waals surface area contributed by atoms with Crippen molar-refractivity contribution in [3.63, 3.8) is 0 Å². The molecule has 1 atom stereocenters. The van der Waals surface area contributed by atoms with Gasteiger partial charge < -0.3 is 9.32 Å². The zero-order valence-electron chi connectivity index (χ0n) is 16.9. The Morgan fingerprint density at radius 3 is 2.52 bits per heavy atom. The third-order valence-electron chi connectivity index (χ3n) is 5.67. The number of carbonyl (C=O) groups excluding carboxylic acids is 1. The van der Waals surface area contributed by atoms with Gasteiger partial charge in [0.25, 0.3) is 11.5 Å². The van der Waals surface area contributed by atoms with Crippen LogP contribution in [0, 0.1) is 0 Å². The van der Waals surface area contributed by atoms with Crippen molar-refractivity contribution in [2.75, 3.05) is 26.2 Å². The van der Waals surface area contributed by atoms with Crippen LogP contribution < -0.4 is 5.56 Å². The summed E-state index contributed by atoms with van der Waals surface area (Å²) in [5.74, 6) is 1.11. The van der Waals surface area contributed by atoms with Crippen molar-refractivity contribution in [2.45, 2.75) is 32.9 Å². The molecule has 4 rings (SSSR count). The third-order valence-corrected chi connectivity index (χ3v) is 5.67. The molecule has 1 aliphatic rings. The average molecular weight is 394 g/mol. The normalized spacial score (nSPS) is 16.3. The highest BCUT2D eigenvalue weighted by Gasteiger charge is 2.30. The predicted octanol–water partition coefficient (Wildman–Crippen LogP) is 2.92. The molecule has 1 unspecified atom stereocenters. The minimum Gasteiger partial charge on any atom is -0.459 e. The van der Waals surface area contributed by atoms with E-state index in [4.69, 9.17) is 9.40 Å². The maximum atomic E-state index is 13.0. The van der Waals surface area contributed by atoms with Gasteiger partial charge >= 0.3 is 0 Å². The molecule has 1 aliphatic heterocycles. The van der Waals surface area contributed by atoms with Gasteiger partial charge in [-0.25, -0.2) is 4.98 Å². The van der Waals surface area contributed by atoms with Crippen molar-refractivity contribution in [3.05, 3.63) is 64.6 Å². The molecule has 0 radical (unpaired) electrons. The summed E-state index contributed by atoms with van der Waals surface area (Å²) in [6.07, 6.45) is 2.36. The highest BCUT2D eigenvalue weighted by molar-refractivity contribution is 5.91. The summed E-state index contributed by atoms with van der Waals surface area (Å²) in [6, 6.07) is 11.0. The highest BCUT2D eigenvalue weighted by Crippen LogP contribution is 2.25. The van der Waals surface area contributed by atoms with E-state index < -0.39 is 0 Å². The van der Waals surface area contributed by atoms with Crippen LogP contribution in [-0.2, 0) is 6.54 Å². The summed E-state index contributed by atoms with van der Waals surface area (Å²) >= 11 is 0. The van der Waals surface area contributed by atoms with Crippen LogP contribution in [0.25, 0.3) is 10.9 Å². The van der Waals surface area contributed by atoms with Crippen molar-refractivity contribution < 1.29 is 9.21 Å². The summed E-state index contributed by atoms with van der Waals surface area (Å²) in [7, 11) is 0. The van der Waals surface area contributed by atoms with Gasteiger partial charge in [0.1, 0.15) is 5.82 Å². The molecule has 152 valence electrons. The van der Waals surface area contributed by atoms with Crippen molar-refractivity contribution in [1.82, 2.24) is 19.4 Å². The van der Waals surface area contributed by atoms with Gasteiger partial charge in [-0.2, -0.15) is 0 Å². The zero-order chi connectivity index (χ0) is 20.4. The molecular weight excluding hydrogens is 368 g/mol. The van der Waals surface area contributed by atoms with Crippen molar-refractivity contribution in [3.8, 4) is 0 Å². The molecule has 2 aromatic heterocycles. The predicted molar refractivity (Wildman–Crippen MR) is 111 cm³/mol. The molecule has 0 saturated carbocycles. The Morgan fingerprint density at radius 2 is 1.86 bits per heavy atom. The molecule has 7 nitrogen and oxygen atoms in total. The van der Waals surface area contributed by atoms with Crippen LogP contribution in [0.15, 0.2) is 51.9 Å². The van der Waals surface area contributed by atoms with E-state index >= 15 is 0 Å². The SMILES string of the molecule is CCC(c1nc2ccccc2c(=O)n1CC)N1CCN(C(=O)c2ccco2)CC1. The number of furan rings is 1. The molecule has 0 bridgehead atoms. The van der Waals surface area contributed by atoms with Gasteiger partial charge in [-0.3, -0.25) is 19.1 Å². The van der Waals surface area contributed by atoms with Crippen LogP contribution in [0.3, 0.4) is 0 Å². The Balaban J connectivity index is 1.59. The molecule has 1 amide bonds. The van der Waals surface area contributed by atoms with E-state index in [1.165, 1.54) is 6.26 Å². The molecule has 3 heterocycles. The van der Waals surface area contributed by atoms with Gasteiger partial charge in [-0.05, 0) is 37.6 Å². The number of amides is 1. The van der Waals surface area contributed by atoms with Crippen molar-refractivity contribution in [2.24, 2.45) is 0 Å². The summed E-state index contributed by atoms with van der Waals surface area (Å²) < 4.78 is 7.03. The van der Waals surface area contributed by atoms with E-state index in [1.807, 2.05) is 36.1 Å². The number of benzene rings is 1. The van der Waals surface area contributed by atoms with E-state index in [0.717, 1.165) is 30.9 Å². The molecule has 1 aromatic carbocycles. The standard InChI is InChI=1S/C22H26N4O3/c1-3-18(20-23-17-9-6-5-8-16(17)21(27)26(20)4-2)24-11-13-25(14-12-24)22(28)19-10-7-15-29-19/h5-10,15,18H,3-4,11-14H2,1-2H3. The van der Waals surface area contributed by atoms with E-state index in [0.29, 0.717) is 30.8 Å². The fourth-order valence-corrected chi connectivity index (χ4v) is 4.14. The van der Waals surface area contributed by atoms with Crippen molar-refractivity contribution in [1.29, 1.82) is 0 Å². The lowest BCUT2D eigenvalue weighted by molar-refractivity contribution is 0.0521. The number of hydrogen-bond acceptors (Lipinski definition) is 5. The second-order valence-corrected chi connectivity index (χ2v) is 7.27. The molecule has 1 fully saturated rings. The molecule has 0 aliphatic carbocycles. The van der Waals surface area contributed by atoms with E-state index in [2.05, 4.69) is 11.8 Å². The molecule has 0 N–H and O–H groups in total. The third kappa shape index (κ3) is 3.58. The Labute approximate surface area is 169 Å². The lowest BCUT2D eigenvalue weighted by Crippen LogP contribution is -2.50. The fourth-order valence-electron chi connectivity index (χ4n) is 4.14. The Bertz CT molecular complexity index is 1050. The molecule has 0 spiro atoms. The topological polar surface area (TPSA) is 71.6 Å². The first-order valence-electron chi connectivity index (χ1n) is 10.2. The number of piperazine rings is 1. The van der Waals surface area contributed by atoms with Gasteiger partial charge in [0.2, 0.25) is 0 Å². The number of aromatic nitrogens is 2. The Morgan fingerprint density at radius 1 is 1.10 bits per heavy atom. The van der Waals surface area contributed by atoms with E-state index in [-0.39, 0.29) is 17.5 Å². The first-order valence-corrected chi connectivity index (χ1v) is 10.2. The maximum Gasteiger partial charge on any atom is 0.289 e. The largest absolute Gasteiger partial charge is 0.459 e. The minimum absolute atomic E-state index is 0.0122. The first kappa shape index (κ1) is 19.4. The quantitative estimate of drug-likeness (QED) is 0.665. The molecule has 3 aromatic rings. The van der Waals surface area contributed by atoms with Crippen molar-refractivity contribution >= 4 is 16.8 Å². The number of rotatable bonds is 5. The summed E-state index contributed by atoms with van der Waals surface area (Å²) in [4.78, 5) is 34.5. The van der Waals surface area contributed by atoms with Gasteiger partial charge in [0, 0.05) is 32.7 Å². The van der Waals surface area contributed by atoms with Crippen LogP contribution in [0.2, 0.25) is 0 Å². The molecule has 29 heavy (non-hydrogen) atoms. The number of para-hydroxylation sites is 1. The van der Waals surface area contributed by atoms with Crippen LogP contribution >= 0.6 is 0 Å². The molecule has 1 saturated heterocycles. The van der Waals surface area contributed by atoms with Gasteiger partial charge in [-0.15, -0.1) is 0 Å². The maximum absolute atomic E-state index is 13.0. The lowest BCUT2D eigenvalue weighted by Gasteiger charge is -2.39. The number of nitrogens with zero attached hydrogens (tertiary/aromatic N) is 4. The fraction of sp³-hybridized carbons (Fsp3) is 0.409. The summed E-state index contributed by atoms with van der Waals surface area (Å²) in [6.45, 7) is 7.40. The number of hydrogen-bond donors (Lipinski definition) is 0. The molecule has 7 heteroatoms. The van der Waals surface area contributed by atoms with Gasteiger partial charge in [0.15, 0.2) is 5.76 Å². The van der Waals surface area contributed by atoms with Crippen LogP contribution in [0.5, 0.6) is 0 Å². The number of carbonyl (C=O) groups is 1. The molecular formula is C22H26N4O3. The highest BCUT2D eigenvalue weighted by atomic mass is 16.3. The second-order valence-electron chi connectivity index (χ2n) is 7.27. The monoisotopic (exact) mass is 394 g/mol. The Kier molecular flexibility index (Phi) is 5.49. The van der Waals surface area contributed by atoms with Gasteiger partial charge in [0.05, 0.1) is 23.2 Å². The smallest absolute Gasteiger partial charge is 0.289 e. The van der Waals surface area contributed by atoms with Gasteiger partial charge in [-0.1, -0.05) is 19.1 Å². The summed E-state index contributed by atoms with van der Waals surface area (Å²) in [5, 5.41) is 0.654. The second kappa shape index (κ2) is 8.21. The zero-order valence-corrected chi connectivity index (χ0v) is 16.9. The average Bonchev–Trinajstić information content (AvgIpc) is 3.29.